The van der Waals surface area contributed by atoms with Gasteiger partial charge in [0.2, 0.25) is 0 Å². The van der Waals surface area contributed by atoms with Crippen molar-refractivity contribution in [2.75, 3.05) is 0 Å². The number of aromatic nitrogens is 4. The van der Waals surface area contributed by atoms with Gasteiger partial charge in [-0.25, -0.2) is 15.0 Å². The molecule has 0 unspecified atom stereocenters. The zero-order valence-corrected chi connectivity index (χ0v) is 33.6. The van der Waals surface area contributed by atoms with Gasteiger partial charge in [-0.15, -0.1) is 0 Å². The highest BCUT2D eigenvalue weighted by molar-refractivity contribution is 6.21. The van der Waals surface area contributed by atoms with Crippen LogP contribution in [0.4, 0.5) is 0 Å². The molecule has 14 aromatic rings. The van der Waals surface area contributed by atoms with Crippen molar-refractivity contribution in [3.05, 3.63) is 194 Å². The van der Waals surface area contributed by atoms with Gasteiger partial charge in [0.05, 0.1) is 22.1 Å². The van der Waals surface area contributed by atoms with E-state index in [4.69, 9.17) is 23.8 Å². The SMILES string of the molecule is c1ccc2cc(-c3nc(-c4ccc5oc6c7ccccc7ccc6c5c4-n4c5ccccc5c5cc6ccccc6cc54)nc(-c4cccc5oc6ccccc6c45)n3)ccc2c1. The summed E-state index contributed by atoms with van der Waals surface area (Å²) in [6.45, 7) is 0. The number of furan rings is 2. The number of benzene rings is 10. The lowest BCUT2D eigenvalue weighted by Gasteiger charge is -2.16. The van der Waals surface area contributed by atoms with Gasteiger partial charge < -0.3 is 13.4 Å². The molecule has 0 aliphatic carbocycles. The second-order valence-corrected chi connectivity index (χ2v) is 16.3. The lowest BCUT2D eigenvalue weighted by Crippen LogP contribution is -2.04. The Labute approximate surface area is 358 Å². The Morgan fingerprint density at radius 1 is 0.333 bits per heavy atom. The van der Waals surface area contributed by atoms with Gasteiger partial charge in [-0.1, -0.05) is 140 Å². The fourth-order valence-electron chi connectivity index (χ4n) is 9.92. The van der Waals surface area contributed by atoms with Crippen LogP contribution in [0, 0.1) is 0 Å². The van der Waals surface area contributed by atoms with Crippen molar-refractivity contribution in [2.24, 2.45) is 0 Å². The average molecular weight is 805 g/mol. The maximum atomic E-state index is 6.92. The van der Waals surface area contributed by atoms with Crippen LogP contribution in [0.15, 0.2) is 203 Å². The minimum absolute atomic E-state index is 0.548. The molecule has 0 aliphatic rings. The van der Waals surface area contributed by atoms with E-state index in [9.17, 15) is 0 Å². The molecule has 14 rings (SSSR count). The van der Waals surface area contributed by atoms with Gasteiger partial charge in [-0.3, -0.25) is 0 Å². The van der Waals surface area contributed by atoms with Gasteiger partial charge in [0.15, 0.2) is 17.5 Å². The third-order valence-electron chi connectivity index (χ3n) is 12.8. The predicted molar refractivity (Wildman–Crippen MR) is 258 cm³/mol. The highest BCUT2D eigenvalue weighted by Gasteiger charge is 2.26. The first-order valence-electron chi connectivity index (χ1n) is 21.2. The topological polar surface area (TPSA) is 69.9 Å². The van der Waals surface area contributed by atoms with E-state index >= 15 is 0 Å². The Morgan fingerprint density at radius 3 is 1.83 bits per heavy atom. The van der Waals surface area contributed by atoms with E-state index in [0.717, 1.165) is 115 Å². The minimum Gasteiger partial charge on any atom is -0.456 e. The monoisotopic (exact) mass is 804 g/mol. The molecule has 0 N–H and O–H groups in total. The first-order valence-corrected chi connectivity index (χ1v) is 21.2. The first kappa shape index (κ1) is 34.1. The van der Waals surface area contributed by atoms with Crippen LogP contribution in [0.2, 0.25) is 0 Å². The van der Waals surface area contributed by atoms with Gasteiger partial charge in [0.1, 0.15) is 22.3 Å². The summed E-state index contributed by atoms with van der Waals surface area (Å²) in [6.07, 6.45) is 0. The fourth-order valence-corrected chi connectivity index (χ4v) is 9.92. The molecule has 0 atom stereocenters. The lowest BCUT2D eigenvalue weighted by molar-refractivity contribution is 0.669. The molecule has 0 radical (unpaired) electrons. The van der Waals surface area contributed by atoms with Gasteiger partial charge in [0.25, 0.3) is 0 Å². The molecule has 0 spiro atoms. The largest absolute Gasteiger partial charge is 0.456 e. The molecule has 0 aliphatic heterocycles. The molecular weight excluding hydrogens is 773 g/mol. The number of hydrogen-bond donors (Lipinski definition) is 0. The molecule has 0 bridgehead atoms. The Bertz CT molecular complexity index is 4230. The fraction of sp³-hybridized carbons (Fsp3) is 0. The quantitative estimate of drug-likeness (QED) is 0.177. The zero-order valence-electron chi connectivity index (χ0n) is 33.6. The van der Waals surface area contributed by atoms with Gasteiger partial charge in [-0.05, 0) is 81.5 Å². The summed E-state index contributed by atoms with van der Waals surface area (Å²) in [5, 5.41) is 13.1. The van der Waals surface area contributed by atoms with Crippen molar-refractivity contribution >= 4 is 98.0 Å². The summed E-state index contributed by atoms with van der Waals surface area (Å²) in [5.74, 6) is 1.68. The van der Waals surface area contributed by atoms with E-state index in [-0.39, 0.29) is 0 Å². The Hall–Kier alpha value is -8.61. The molecule has 0 amide bonds. The van der Waals surface area contributed by atoms with Crippen molar-refractivity contribution in [3.8, 4) is 39.9 Å². The molecule has 63 heavy (non-hydrogen) atoms. The number of fused-ring (bicyclic) bond motifs is 13. The molecule has 6 nitrogen and oxygen atoms in total. The van der Waals surface area contributed by atoms with Gasteiger partial charge >= 0.3 is 0 Å². The highest BCUT2D eigenvalue weighted by atomic mass is 16.3. The van der Waals surface area contributed by atoms with Crippen LogP contribution in [-0.4, -0.2) is 19.5 Å². The predicted octanol–water partition coefficient (Wildman–Crippen LogP) is 15.2. The van der Waals surface area contributed by atoms with E-state index in [2.05, 4.69) is 168 Å². The Balaban J connectivity index is 1.15. The van der Waals surface area contributed by atoms with Crippen LogP contribution >= 0.6 is 0 Å². The summed E-state index contributed by atoms with van der Waals surface area (Å²) < 4.78 is 15.7. The second-order valence-electron chi connectivity index (χ2n) is 16.3. The first-order chi connectivity index (χ1) is 31.2. The van der Waals surface area contributed by atoms with Crippen LogP contribution in [-0.2, 0) is 0 Å². The van der Waals surface area contributed by atoms with Gasteiger partial charge in [0, 0.05) is 49.0 Å². The maximum Gasteiger partial charge on any atom is 0.166 e. The van der Waals surface area contributed by atoms with Crippen LogP contribution in [0.3, 0.4) is 0 Å². The molecule has 0 fully saturated rings. The molecular formula is C57H32N4O2. The smallest absolute Gasteiger partial charge is 0.166 e. The molecule has 0 saturated heterocycles. The Kier molecular flexibility index (Phi) is 7.02. The molecule has 0 saturated carbocycles. The van der Waals surface area contributed by atoms with E-state index in [0.29, 0.717) is 17.5 Å². The molecule has 10 aromatic carbocycles. The maximum absolute atomic E-state index is 6.92. The van der Waals surface area contributed by atoms with E-state index < -0.39 is 0 Å². The number of para-hydroxylation sites is 2. The standard InChI is InChI=1S/C57H32N4O2/c1-2-14-35-30-38(25-24-33(35)12-1)55-58-56(43-20-11-23-49-51(43)41-19-8-10-22-48(41)62-49)60-57(59-55)44-28-29-50-52(42-27-26-34-13-5-6-17-39(34)54(42)63-50)53(44)61-46-21-9-7-18-40(46)45-31-36-15-3-4-16-37(36)32-47(45)61/h1-32H. The van der Waals surface area contributed by atoms with E-state index in [1.807, 2.05) is 30.3 Å². The van der Waals surface area contributed by atoms with E-state index in [1.54, 1.807) is 0 Å². The number of hydrogen-bond acceptors (Lipinski definition) is 5. The van der Waals surface area contributed by atoms with Crippen molar-refractivity contribution < 1.29 is 8.83 Å². The normalized spacial score (nSPS) is 12.1. The van der Waals surface area contributed by atoms with Crippen molar-refractivity contribution in [2.45, 2.75) is 0 Å². The van der Waals surface area contributed by atoms with Crippen LogP contribution in [0.25, 0.3) is 138 Å². The van der Waals surface area contributed by atoms with Crippen molar-refractivity contribution in [3.63, 3.8) is 0 Å². The van der Waals surface area contributed by atoms with Crippen molar-refractivity contribution in [1.82, 2.24) is 19.5 Å². The zero-order chi connectivity index (χ0) is 41.2. The van der Waals surface area contributed by atoms with Crippen molar-refractivity contribution in [1.29, 1.82) is 0 Å². The third kappa shape index (κ3) is 5.03. The highest BCUT2D eigenvalue weighted by Crippen LogP contribution is 2.46. The lowest BCUT2D eigenvalue weighted by atomic mass is 10.0. The van der Waals surface area contributed by atoms with E-state index in [1.165, 1.54) is 5.39 Å². The second kappa shape index (κ2) is 12.9. The molecule has 4 aromatic heterocycles. The van der Waals surface area contributed by atoms with Gasteiger partial charge in [-0.2, -0.15) is 0 Å². The Morgan fingerprint density at radius 2 is 0.968 bits per heavy atom. The summed E-state index contributed by atoms with van der Waals surface area (Å²) in [6, 6.07) is 68.0. The third-order valence-corrected chi connectivity index (χ3v) is 12.8. The number of nitrogens with zero attached hydrogens (tertiary/aromatic N) is 4. The number of rotatable bonds is 4. The molecule has 4 heterocycles. The van der Waals surface area contributed by atoms with Crippen LogP contribution in [0.5, 0.6) is 0 Å². The molecule has 292 valence electrons. The summed E-state index contributed by atoms with van der Waals surface area (Å²) >= 11 is 0. The average Bonchev–Trinajstić information content (AvgIpc) is 4.02. The summed E-state index contributed by atoms with van der Waals surface area (Å²) in [5.41, 5.74) is 8.94. The minimum atomic E-state index is 0.548. The molecule has 6 heteroatoms. The van der Waals surface area contributed by atoms with Crippen LogP contribution < -0.4 is 0 Å². The summed E-state index contributed by atoms with van der Waals surface area (Å²) in [4.78, 5) is 16.3. The summed E-state index contributed by atoms with van der Waals surface area (Å²) in [7, 11) is 0. The van der Waals surface area contributed by atoms with Crippen LogP contribution in [0.1, 0.15) is 0 Å².